The highest BCUT2D eigenvalue weighted by Crippen LogP contribution is 2.31. The molecule has 20 heavy (non-hydrogen) atoms. The van der Waals surface area contributed by atoms with E-state index in [2.05, 4.69) is 29.4 Å². The Kier molecular flexibility index (Phi) is 4.18. The van der Waals surface area contributed by atoms with Crippen LogP contribution in [0.4, 0.5) is 0 Å². The average molecular weight is 275 g/mol. The van der Waals surface area contributed by atoms with Crippen molar-refractivity contribution in [2.45, 2.75) is 71.0 Å². The Labute approximate surface area is 123 Å². The van der Waals surface area contributed by atoms with E-state index < -0.39 is 0 Å². The van der Waals surface area contributed by atoms with Crippen molar-refractivity contribution in [1.82, 2.24) is 9.47 Å². The third-order valence-corrected chi connectivity index (χ3v) is 5.24. The molecule has 3 nitrogen and oxygen atoms in total. The van der Waals surface area contributed by atoms with Crippen molar-refractivity contribution in [2.75, 3.05) is 13.1 Å². The smallest absolute Gasteiger partial charge is 0.0378 e. The van der Waals surface area contributed by atoms with Crippen LogP contribution in [0, 0.1) is 6.92 Å². The Bertz CT molecular complexity index is 457. The first-order valence-corrected chi connectivity index (χ1v) is 8.35. The van der Waals surface area contributed by atoms with Crippen molar-refractivity contribution in [3.05, 3.63) is 23.0 Å². The summed E-state index contributed by atoms with van der Waals surface area (Å²) in [7, 11) is 0. The second kappa shape index (κ2) is 5.90. The van der Waals surface area contributed by atoms with Gasteiger partial charge in [0.05, 0.1) is 0 Å². The Balaban J connectivity index is 1.76. The van der Waals surface area contributed by atoms with E-state index >= 15 is 0 Å². The van der Waals surface area contributed by atoms with Gasteiger partial charge in [-0.1, -0.05) is 6.42 Å². The summed E-state index contributed by atoms with van der Waals surface area (Å²) in [5.74, 6) is 0. The molecule has 112 valence electrons. The molecule has 0 aromatic carbocycles. The highest BCUT2D eigenvalue weighted by Gasteiger charge is 2.24. The molecule has 3 heteroatoms. The first-order valence-electron chi connectivity index (χ1n) is 8.35. The summed E-state index contributed by atoms with van der Waals surface area (Å²) in [6.07, 6.45) is 7.77. The van der Waals surface area contributed by atoms with Crippen LogP contribution in [-0.2, 0) is 13.0 Å². The minimum absolute atomic E-state index is 0.268. The Morgan fingerprint density at radius 3 is 2.75 bits per heavy atom. The summed E-state index contributed by atoms with van der Waals surface area (Å²) in [4.78, 5) is 2.66. The summed E-state index contributed by atoms with van der Waals surface area (Å²) in [5.41, 5.74) is 10.6. The SMILES string of the molecule is Cc1cc2c(n1CC(C)N1CCCCC1)CCCC2N. The molecule has 1 fully saturated rings. The second-order valence-corrected chi connectivity index (χ2v) is 6.74. The molecule has 1 aliphatic carbocycles. The van der Waals surface area contributed by atoms with Crippen LogP contribution in [0.15, 0.2) is 6.07 Å². The Morgan fingerprint density at radius 2 is 2.00 bits per heavy atom. The molecule has 2 aliphatic rings. The van der Waals surface area contributed by atoms with E-state index in [0.717, 1.165) is 13.0 Å². The lowest BCUT2D eigenvalue weighted by Gasteiger charge is -2.33. The largest absolute Gasteiger partial charge is 0.347 e. The maximum Gasteiger partial charge on any atom is 0.0378 e. The van der Waals surface area contributed by atoms with E-state index in [1.54, 1.807) is 0 Å². The summed E-state index contributed by atoms with van der Waals surface area (Å²) in [6, 6.07) is 3.25. The van der Waals surface area contributed by atoms with Gasteiger partial charge in [0.2, 0.25) is 0 Å². The molecule has 3 rings (SSSR count). The van der Waals surface area contributed by atoms with Gasteiger partial charge in [0.15, 0.2) is 0 Å². The lowest BCUT2D eigenvalue weighted by molar-refractivity contribution is 0.158. The van der Waals surface area contributed by atoms with Gasteiger partial charge in [-0.05, 0) is 70.7 Å². The molecule has 1 aromatic heterocycles. The molecule has 0 radical (unpaired) electrons. The van der Waals surface area contributed by atoms with Crippen molar-refractivity contribution < 1.29 is 0 Å². The van der Waals surface area contributed by atoms with Crippen LogP contribution in [0.3, 0.4) is 0 Å². The number of fused-ring (bicyclic) bond motifs is 1. The predicted octanol–water partition coefficient (Wildman–Crippen LogP) is 3.01. The van der Waals surface area contributed by atoms with Crippen molar-refractivity contribution in [1.29, 1.82) is 0 Å². The zero-order valence-corrected chi connectivity index (χ0v) is 13.1. The van der Waals surface area contributed by atoms with Gasteiger partial charge in [-0.15, -0.1) is 0 Å². The van der Waals surface area contributed by atoms with Gasteiger partial charge in [-0.3, -0.25) is 4.90 Å². The van der Waals surface area contributed by atoms with Gasteiger partial charge < -0.3 is 10.3 Å². The van der Waals surface area contributed by atoms with Gasteiger partial charge in [-0.2, -0.15) is 0 Å². The van der Waals surface area contributed by atoms with Crippen LogP contribution >= 0.6 is 0 Å². The van der Waals surface area contributed by atoms with Gasteiger partial charge in [0.25, 0.3) is 0 Å². The minimum atomic E-state index is 0.268. The number of piperidine rings is 1. The molecule has 1 aromatic rings. The number of rotatable bonds is 3. The van der Waals surface area contributed by atoms with Crippen molar-refractivity contribution in [3.8, 4) is 0 Å². The quantitative estimate of drug-likeness (QED) is 0.920. The summed E-state index contributed by atoms with van der Waals surface area (Å²) in [5, 5.41) is 0. The zero-order chi connectivity index (χ0) is 14.1. The van der Waals surface area contributed by atoms with Crippen molar-refractivity contribution >= 4 is 0 Å². The molecule has 0 amide bonds. The molecule has 0 bridgehead atoms. The van der Waals surface area contributed by atoms with E-state index in [0.29, 0.717) is 6.04 Å². The van der Waals surface area contributed by atoms with E-state index in [1.165, 1.54) is 62.1 Å². The number of nitrogens with zero attached hydrogens (tertiary/aromatic N) is 2. The van der Waals surface area contributed by atoms with Crippen LogP contribution in [0.25, 0.3) is 0 Å². The number of hydrogen-bond acceptors (Lipinski definition) is 2. The van der Waals surface area contributed by atoms with Crippen LogP contribution in [0.1, 0.15) is 62.0 Å². The third-order valence-electron chi connectivity index (χ3n) is 5.24. The number of aromatic nitrogens is 1. The number of aryl methyl sites for hydroxylation is 1. The molecule has 1 saturated heterocycles. The van der Waals surface area contributed by atoms with Gasteiger partial charge >= 0.3 is 0 Å². The fraction of sp³-hybridized carbons (Fsp3) is 0.765. The van der Waals surface area contributed by atoms with E-state index in [-0.39, 0.29) is 6.04 Å². The van der Waals surface area contributed by atoms with Crippen molar-refractivity contribution in [2.24, 2.45) is 5.73 Å². The molecular weight excluding hydrogens is 246 g/mol. The predicted molar refractivity (Wildman–Crippen MR) is 83.9 cm³/mol. The van der Waals surface area contributed by atoms with Crippen LogP contribution in [0.2, 0.25) is 0 Å². The molecule has 0 spiro atoms. The summed E-state index contributed by atoms with van der Waals surface area (Å²) in [6.45, 7) is 8.33. The van der Waals surface area contributed by atoms with Crippen LogP contribution in [-0.4, -0.2) is 28.6 Å². The van der Waals surface area contributed by atoms with E-state index in [9.17, 15) is 0 Å². The molecule has 2 atom stereocenters. The Morgan fingerprint density at radius 1 is 1.25 bits per heavy atom. The number of nitrogens with two attached hydrogens (primary N) is 1. The molecule has 2 heterocycles. The molecule has 1 aliphatic heterocycles. The lowest BCUT2D eigenvalue weighted by Crippen LogP contribution is -2.40. The standard InChI is InChI=1S/C17H29N3/c1-13-11-15-16(18)7-6-8-17(15)20(13)12-14(2)19-9-4-3-5-10-19/h11,14,16H,3-10,12,18H2,1-2H3. The second-order valence-electron chi connectivity index (χ2n) is 6.74. The van der Waals surface area contributed by atoms with E-state index in [4.69, 9.17) is 5.73 Å². The molecule has 2 unspecified atom stereocenters. The van der Waals surface area contributed by atoms with Crippen LogP contribution in [0.5, 0.6) is 0 Å². The average Bonchev–Trinajstić information content (AvgIpc) is 2.78. The minimum Gasteiger partial charge on any atom is -0.347 e. The maximum absolute atomic E-state index is 6.28. The summed E-state index contributed by atoms with van der Waals surface area (Å²) >= 11 is 0. The number of hydrogen-bond donors (Lipinski definition) is 1. The number of likely N-dealkylation sites (tertiary alicyclic amines) is 1. The Hall–Kier alpha value is -0.800. The normalized spacial score (nSPS) is 25.4. The zero-order valence-electron chi connectivity index (χ0n) is 13.1. The third kappa shape index (κ3) is 2.66. The molecule has 2 N–H and O–H groups in total. The molecule has 0 saturated carbocycles. The fourth-order valence-corrected chi connectivity index (χ4v) is 3.99. The lowest BCUT2D eigenvalue weighted by atomic mass is 9.93. The highest BCUT2D eigenvalue weighted by atomic mass is 15.2. The van der Waals surface area contributed by atoms with E-state index in [1.807, 2.05) is 0 Å². The first-order chi connectivity index (χ1) is 9.66. The maximum atomic E-state index is 6.28. The van der Waals surface area contributed by atoms with Gasteiger partial charge in [0.1, 0.15) is 0 Å². The van der Waals surface area contributed by atoms with Gasteiger partial charge in [0, 0.05) is 30.0 Å². The first kappa shape index (κ1) is 14.2. The summed E-state index contributed by atoms with van der Waals surface area (Å²) < 4.78 is 2.55. The highest BCUT2D eigenvalue weighted by molar-refractivity contribution is 5.32. The van der Waals surface area contributed by atoms with Gasteiger partial charge in [-0.25, -0.2) is 0 Å². The monoisotopic (exact) mass is 275 g/mol. The topological polar surface area (TPSA) is 34.2 Å². The fourth-order valence-electron chi connectivity index (χ4n) is 3.99. The molecular formula is C17H29N3. The van der Waals surface area contributed by atoms with Crippen LogP contribution < -0.4 is 5.73 Å². The van der Waals surface area contributed by atoms with Crippen molar-refractivity contribution in [3.63, 3.8) is 0 Å².